The second-order valence-corrected chi connectivity index (χ2v) is 5.90. The molecule has 1 aliphatic rings. The van der Waals surface area contributed by atoms with E-state index >= 15 is 0 Å². The van der Waals surface area contributed by atoms with Crippen molar-refractivity contribution >= 4 is 11.6 Å². The SMILES string of the molecule is CCNC(Cc1cccc(Cl)c1)C1Cc2ccccc2O1. The summed E-state index contributed by atoms with van der Waals surface area (Å²) in [6.07, 6.45) is 2.07. The van der Waals surface area contributed by atoms with Gasteiger partial charge in [0, 0.05) is 17.5 Å². The Kier molecular flexibility index (Phi) is 4.47. The van der Waals surface area contributed by atoms with Crippen LogP contribution in [0.3, 0.4) is 0 Å². The molecule has 110 valence electrons. The third kappa shape index (κ3) is 3.39. The molecule has 2 aromatic rings. The van der Waals surface area contributed by atoms with Crippen molar-refractivity contribution in [2.24, 2.45) is 0 Å². The molecule has 0 aromatic heterocycles. The summed E-state index contributed by atoms with van der Waals surface area (Å²) in [5.74, 6) is 1.02. The molecule has 0 aliphatic carbocycles. The van der Waals surface area contributed by atoms with E-state index in [4.69, 9.17) is 16.3 Å². The van der Waals surface area contributed by atoms with Crippen LogP contribution in [0.4, 0.5) is 0 Å². The molecule has 0 saturated carbocycles. The molecule has 2 nitrogen and oxygen atoms in total. The highest BCUT2D eigenvalue weighted by atomic mass is 35.5. The summed E-state index contributed by atoms with van der Waals surface area (Å²) in [5, 5.41) is 4.35. The number of ether oxygens (including phenoxy) is 1. The van der Waals surface area contributed by atoms with Crippen LogP contribution in [0, 0.1) is 0 Å². The largest absolute Gasteiger partial charge is 0.488 e. The predicted molar refractivity (Wildman–Crippen MR) is 87.2 cm³/mol. The fourth-order valence-corrected chi connectivity index (χ4v) is 3.16. The van der Waals surface area contributed by atoms with Crippen molar-refractivity contribution in [2.75, 3.05) is 6.54 Å². The van der Waals surface area contributed by atoms with Gasteiger partial charge in [0.05, 0.1) is 0 Å². The summed E-state index contributed by atoms with van der Waals surface area (Å²) in [6, 6.07) is 16.7. The standard InChI is InChI=1S/C18H20ClNO/c1-2-20-16(11-13-6-5-8-15(19)10-13)18-12-14-7-3-4-9-17(14)21-18/h3-10,16,18,20H,2,11-12H2,1H3. The molecule has 3 rings (SSSR count). The summed E-state index contributed by atoms with van der Waals surface area (Å²) in [6.45, 7) is 3.06. The average molecular weight is 302 g/mol. The Morgan fingerprint density at radius 3 is 2.86 bits per heavy atom. The van der Waals surface area contributed by atoms with E-state index < -0.39 is 0 Å². The molecule has 2 aromatic carbocycles. The van der Waals surface area contributed by atoms with Crippen molar-refractivity contribution in [1.29, 1.82) is 0 Å². The molecular weight excluding hydrogens is 282 g/mol. The maximum atomic E-state index is 6.13. The van der Waals surface area contributed by atoms with Gasteiger partial charge in [-0.15, -0.1) is 0 Å². The van der Waals surface area contributed by atoms with Crippen LogP contribution in [0.25, 0.3) is 0 Å². The van der Waals surface area contributed by atoms with E-state index in [0.29, 0.717) is 6.04 Å². The van der Waals surface area contributed by atoms with E-state index in [-0.39, 0.29) is 6.10 Å². The van der Waals surface area contributed by atoms with Gasteiger partial charge in [0.25, 0.3) is 0 Å². The van der Waals surface area contributed by atoms with Crippen molar-refractivity contribution in [1.82, 2.24) is 5.32 Å². The topological polar surface area (TPSA) is 21.3 Å². The van der Waals surface area contributed by atoms with Crippen LogP contribution in [-0.2, 0) is 12.8 Å². The Morgan fingerprint density at radius 1 is 1.24 bits per heavy atom. The fourth-order valence-electron chi connectivity index (χ4n) is 2.95. The maximum Gasteiger partial charge on any atom is 0.123 e. The highest BCUT2D eigenvalue weighted by molar-refractivity contribution is 6.30. The van der Waals surface area contributed by atoms with Gasteiger partial charge in [-0.05, 0) is 42.3 Å². The van der Waals surface area contributed by atoms with Gasteiger partial charge in [-0.2, -0.15) is 0 Å². The van der Waals surface area contributed by atoms with Crippen LogP contribution in [-0.4, -0.2) is 18.7 Å². The lowest BCUT2D eigenvalue weighted by Crippen LogP contribution is -2.44. The lowest BCUT2D eigenvalue weighted by atomic mass is 9.98. The zero-order valence-corrected chi connectivity index (χ0v) is 12.9. The first-order valence-electron chi connectivity index (χ1n) is 7.48. The minimum atomic E-state index is 0.182. The Balaban J connectivity index is 1.74. The lowest BCUT2D eigenvalue weighted by molar-refractivity contribution is 0.178. The number of likely N-dealkylation sites (N-methyl/N-ethyl adjacent to an activating group) is 1. The van der Waals surface area contributed by atoms with Gasteiger partial charge < -0.3 is 10.1 Å². The van der Waals surface area contributed by atoms with E-state index in [0.717, 1.165) is 30.2 Å². The van der Waals surface area contributed by atoms with E-state index in [9.17, 15) is 0 Å². The third-order valence-corrected chi connectivity index (χ3v) is 4.17. The molecule has 1 aliphatic heterocycles. The van der Waals surface area contributed by atoms with E-state index in [1.165, 1.54) is 11.1 Å². The van der Waals surface area contributed by atoms with Crippen LogP contribution in [0.15, 0.2) is 48.5 Å². The van der Waals surface area contributed by atoms with Gasteiger partial charge in [-0.1, -0.05) is 48.9 Å². The monoisotopic (exact) mass is 301 g/mol. The van der Waals surface area contributed by atoms with Gasteiger partial charge in [0.1, 0.15) is 11.9 Å². The van der Waals surface area contributed by atoms with Gasteiger partial charge in [0.2, 0.25) is 0 Å². The molecular formula is C18H20ClNO. The quantitative estimate of drug-likeness (QED) is 0.905. The van der Waals surface area contributed by atoms with Gasteiger partial charge >= 0.3 is 0 Å². The molecule has 0 spiro atoms. The second kappa shape index (κ2) is 6.50. The highest BCUT2D eigenvalue weighted by Crippen LogP contribution is 2.30. The van der Waals surface area contributed by atoms with E-state index in [1.54, 1.807) is 0 Å². The molecule has 3 heteroatoms. The molecule has 0 radical (unpaired) electrons. The predicted octanol–water partition coefficient (Wildman–Crippen LogP) is 3.86. The summed E-state index contributed by atoms with van der Waals surface area (Å²) < 4.78 is 6.13. The minimum absolute atomic E-state index is 0.182. The Hall–Kier alpha value is -1.51. The van der Waals surface area contributed by atoms with Gasteiger partial charge in [-0.3, -0.25) is 0 Å². The maximum absolute atomic E-state index is 6.13. The van der Waals surface area contributed by atoms with Crippen LogP contribution < -0.4 is 10.1 Å². The van der Waals surface area contributed by atoms with Crippen LogP contribution in [0.1, 0.15) is 18.1 Å². The zero-order chi connectivity index (χ0) is 14.7. The van der Waals surface area contributed by atoms with Crippen LogP contribution in [0.5, 0.6) is 5.75 Å². The number of hydrogen-bond donors (Lipinski definition) is 1. The van der Waals surface area contributed by atoms with Crippen molar-refractivity contribution < 1.29 is 4.74 Å². The van der Waals surface area contributed by atoms with Crippen molar-refractivity contribution in [3.63, 3.8) is 0 Å². The Labute approximate surface area is 131 Å². The van der Waals surface area contributed by atoms with Crippen LogP contribution in [0.2, 0.25) is 5.02 Å². The minimum Gasteiger partial charge on any atom is -0.488 e. The van der Waals surface area contributed by atoms with E-state index in [2.05, 4.69) is 36.5 Å². The normalized spacial score (nSPS) is 18.1. The molecule has 0 fully saturated rings. The second-order valence-electron chi connectivity index (χ2n) is 5.47. The number of hydrogen-bond acceptors (Lipinski definition) is 2. The highest BCUT2D eigenvalue weighted by Gasteiger charge is 2.29. The molecule has 0 amide bonds. The van der Waals surface area contributed by atoms with Crippen molar-refractivity contribution in [2.45, 2.75) is 31.9 Å². The third-order valence-electron chi connectivity index (χ3n) is 3.93. The summed E-state index contributed by atoms with van der Waals surface area (Å²) in [5.41, 5.74) is 2.55. The van der Waals surface area contributed by atoms with Gasteiger partial charge in [0.15, 0.2) is 0 Å². The van der Waals surface area contributed by atoms with Gasteiger partial charge in [-0.25, -0.2) is 0 Å². The first-order chi connectivity index (χ1) is 10.3. The number of nitrogens with one attached hydrogen (secondary N) is 1. The van der Waals surface area contributed by atoms with Crippen molar-refractivity contribution in [3.05, 3.63) is 64.7 Å². The molecule has 0 saturated heterocycles. The average Bonchev–Trinajstić information content (AvgIpc) is 2.91. The molecule has 2 unspecified atom stereocenters. The Bertz CT molecular complexity index is 589. The molecule has 1 N–H and O–H groups in total. The molecule has 21 heavy (non-hydrogen) atoms. The number of benzene rings is 2. The Morgan fingerprint density at radius 2 is 2.10 bits per heavy atom. The molecule has 1 heterocycles. The zero-order valence-electron chi connectivity index (χ0n) is 12.2. The first kappa shape index (κ1) is 14.4. The summed E-state index contributed by atoms with van der Waals surface area (Å²) in [7, 11) is 0. The molecule has 0 bridgehead atoms. The van der Waals surface area contributed by atoms with E-state index in [1.807, 2.05) is 24.3 Å². The number of halogens is 1. The fraction of sp³-hybridized carbons (Fsp3) is 0.333. The summed E-state index contributed by atoms with van der Waals surface area (Å²) >= 11 is 6.09. The number of para-hydroxylation sites is 1. The lowest BCUT2D eigenvalue weighted by Gasteiger charge is -2.24. The number of rotatable bonds is 5. The molecule has 2 atom stereocenters. The van der Waals surface area contributed by atoms with Crippen LogP contribution >= 0.6 is 11.6 Å². The van der Waals surface area contributed by atoms with Crippen molar-refractivity contribution in [3.8, 4) is 5.75 Å². The number of fused-ring (bicyclic) bond motifs is 1. The smallest absolute Gasteiger partial charge is 0.123 e. The summed E-state index contributed by atoms with van der Waals surface area (Å²) in [4.78, 5) is 0. The first-order valence-corrected chi connectivity index (χ1v) is 7.86.